The first-order valence-electron chi connectivity index (χ1n) is 7.63. The molecule has 25 heavy (non-hydrogen) atoms. The van der Waals surface area contributed by atoms with Gasteiger partial charge in [-0.3, -0.25) is 10.1 Å². The Labute approximate surface area is 148 Å². The average molecular weight is 352 g/mol. The van der Waals surface area contributed by atoms with E-state index in [0.717, 1.165) is 11.4 Å². The number of carboxylic acid groups (broad SMARTS) is 1. The summed E-state index contributed by atoms with van der Waals surface area (Å²) in [6.45, 7) is 1.96. The first kappa shape index (κ1) is 16.8. The average Bonchev–Trinajstić information content (AvgIpc) is 3.09. The minimum atomic E-state index is -1.29. The molecule has 6 nitrogen and oxygen atoms in total. The summed E-state index contributed by atoms with van der Waals surface area (Å²) in [5.41, 5.74) is 1.33. The molecule has 0 unspecified atom stereocenters. The molecule has 0 radical (unpaired) electrons. The normalized spacial score (nSPS) is 10.4. The number of carboxylic acids is 1. The van der Waals surface area contributed by atoms with Gasteiger partial charge in [0.2, 0.25) is 5.13 Å². The number of carbonyl (C=O) groups excluding carboxylic acids is 2. The maximum Gasteiger partial charge on any atom is 0.258 e. The lowest BCUT2D eigenvalue weighted by molar-refractivity contribution is -0.254. The Morgan fingerprint density at radius 3 is 2.20 bits per heavy atom. The number of anilines is 1. The predicted molar refractivity (Wildman–Crippen MR) is 93.4 cm³/mol. The smallest absolute Gasteiger partial charge is 0.258 e. The topological polar surface area (TPSA) is 95.0 Å². The van der Waals surface area contributed by atoms with E-state index in [0.29, 0.717) is 21.8 Å². The standard InChI is InChI=1S/C18H15N3O3S/c1-2-15-20-21-18(25-15)19-16(22)13-9-5-3-7-11(13)12-8-4-6-10-14(12)17(23)24/h3-10H,2H2,1H3,(H,23,24)(H,19,21,22)/p-1. The van der Waals surface area contributed by atoms with Gasteiger partial charge < -0.3 is 9.90 Å². The van der Waals surface area contributed by atoms with Gasteiger partial charge in [0, 0.05) is 11.1 Å². The fourth-order valence-corrected chi connectivity index (χ4v) is 3.10. The first-order valence-corrected chi connectivity index (χ1v) is 8.45. The molecule has 0 aliphatic rings. The molecule has 0 aliphatic heterocycles. The van der Waals surface area contributed by atoms with Crippen molar-refractivity contribution in [3.05, 3.63) is 64.7 Å². The third kappa shape index (κ3) is 3.56. The van der Waals surface area contributed by atoms with Crippen molar-refractivity contribution < 1.29 is 14.7 Å². The molecule has 0 saturated carbocycles. The van der Waals surface area contributed by atoms with Crippen molar-refractivity contribution in [2.45, 2.75) is 13.3 Å². The second-order valence-electron chi connectivity index (χ2n) is 5.19. The number of amides is 1. The largest absolute Gasteiger partial charge is 0.545 e. The van der Waals surface area contributed by atoms with Crippen LogP contribution in [0, 0.1) is 0 Å². The second kappa shape index (κ2) is 7.23. The van der Waals surface area contributed by atoms with Crippen LogP contribution in [0.3, 0.4) is 0 Å². The number of carbonyl (C=O) groups is 2. The SMILES string of the molecule is CCc1nnc(NC(=O)c2ccccc2-c2ccccc2C(=O)[O-])s1. The number of hydrogen-bond donors (Lipinski definition) is 1. The van der Waals surface area contributed by atoms with Crippen LogP contribution in [0.25, 0.3) is 11.1 Å². The molecule has 2 aromatic carbocycles. The Hall–Kier alpha value is -3.06. The molecular formula is C18H14N3O3S-. The van der Waals surface area contributed by atoms with E-state index in [4.69, 9.17) is 0 Å². The maximum atomic E-state index is 12.7. The lowest BCUT2D eigenvalue weighted by atomic mass is 9.95. The molecule has 3 rings (SSSR count). The first-order chi connectivity index (χ1) is 12.1. The van der Waals surface area contributed by atoms with E-state index < -0.39 is 5.97 Å². The van der Waals surface area contributed by atoms with Gasteiger partial charge in [-0.2, -0.15) is 0 Å². The molecule has 0 atom stereocenters. The zero-order valence-corrected chi connectivity index (χ0v) is 14.2. The number of aromatic carboxylic acids is 1. The molecule has 0 spiro atoms. The van der Waals surface area contributed by atoms with Crippen molar-refractivity contribution in [3.63, 3.8) is 0 Å². The third-order valence-corrected chi connectivity index (χ3v) is 4.58. The van der Waals surface area contributed by atoms with Crippen LogP contribution in [-0.4, -0.2) is 22.1 Å². The summed E-state index contributed by atoms with van der Waals surface area (Å²) >= 11 is 1.31. The molecule has 1 amide bonds. The fourth-order valence-electron chi connectivity index (χ4n) is 2.42. The highest BCUT2D eigenvalue weighted by molar-refractivity contribution is 7.15. The van der Waals surface area contributed by atoms with Crippen molar-refractivity contribution in [2.75, 3.05) is 5.32 Å². The van der Waals surface area contributed by atoms with Crippen LogP contribution in [0.2, 0.25) is 0 Å². The van der Waals surface area contributed by atoms with E-state index in [9.17, 15) is 14.7 Å². The van der Waals surface area contributed by atoms with Gasteiger partial charge in [0.1, 0.15) is 5.01 Å². The van der Waals surface area contributed by atoms with Crippen LogP contribution >= 0.6 is 11.3 Å². The van der Waals surface area contributed by atoms with Gasteiger partial charge in [-0.15, -0.1) is 10.2 Å². The lowest BCUT2D eigenvalue weighted by Gasteiger charge is -2.13. The van der Waals surface area contributed by atoms with Crippen LogP contribution in [0.5, 0.6) is 0 Å². The summed E-state index contributed by atoms with van der Waals surface area (Å²) < 4.78 is 0. The number of nitrogens with one attached hydrogen (secondary N) is 1. The van der Waals surface area contributed by atoms with Crippen LogP contribution in [0.1, 0.15) is 32.6 Å². The van der Waals surface area contributed by atoms with Crippen LogP contribution in [0.15, 0.2) is 48.5 Å². The zero-order valence-electron chi connectivity index (χ0n) is 13.4. The van der Waals surface area contributed by atoms with E-state index >= 15 is 0 Å². The summed E-state index contributed by atoms with van der Waals surface area (Å²) in [5, 5.41) is 23.2. The third-order valence-electron chi connectivity index (χ3n) is 3.60. The molecule has 126 valence electrons. The van der Waals surface area contributed by atoms with Gasteiger partial charge in [-0.05, 0) is 23.6 Å². The monoisotopic (exact) mass is 352 g/mol. The Balaban J connectivity index is 1.99. The molecule has 7 heteroatoms. The van der Waals surface area contributed by atoms with Gasteiger partial charge in [-0.25, -0.2) is 0 Å². The van der Waals surface area contributed by atoms with Gasteiger partial charge in [0.25, 0.3) is 5.91 Å². The molecule has 0 saturated heterocycles. The number of nitrogens with zero attached hydrogens (tertiary/aromatic N) is 2. The van der Waals surface area contributed by atoms with Gasteiger partial charge >= 0.3 is 0 Å². The Bertz CT molecular complexity index is 937. The summed E-state index contributed by atoms with van der Waals surface area (Å²) in [4.78, 5) is 24.0. The minimum absolute atomic E-state index is 0.0342. The van der Waals surface area contributed by atoms with Crippen molar-refractivity contribution in [1.29, 1.82) is 0 Å². The van der Waals surface area contributed by atoms with Crippen LogP contribution in [0.4, 0.5) is 5.13 Å². The minimum Gasteiger partial charge on any atom is -0.545 e. The van der Waals surface area contributed by atoms with Crippen molar-refractivity contribution in [3.8, 4) is 11.1 Å². The lowest BCUT2D eigenvalue weighted by Crippen LogP contribution is -2.23. The molecule has 3 aromatic rings. The Kier molecular flexibility index (Phi) is 4.85. The molecule has 0 fully saturated rings. The number of rotatable bonds is 5. The quantitative estimate of drug-likeness (QED) is 0.761. The summed E-state index contributed by atoms with van der Waals surface area (Å²) in [6.07, 6.45) is 0.739. The van der Waals surface area contributed by atoms with Gasteiger partial charge in [0.15, 0.2) is 0 Å². The molecule has 1 aromatic heterocycles. The van der Waals surface area contributed by atoms with Gasteiger partial charge in [-0.1, -0.05) is 60.7 Å². The van der Waals surface area contributed by atoms with Crippen LogP contribution < -0.4 is 10.4 Å². The summed E-state index contributed by atoms with van der Waals surface area (Å²) in [6, 6.07) is 13.2. The second-order valence-corrected chi connectivity index (χ2v) is 6.25. The number of hydrogen-bond acceptors (Lipinski definition) is 6. The molecule has 1 N–H and O–H groups in total. The molecular weight excluding hydrogens is 338 g/mol. The highest BCUT2D eigenvalue weighted by Crippen LogP contribution is 2.28. The van der Waals surface area contributed by atoms with Crippen molar-refractivity contribution >= 4 is 28.3 Å². The highest BCUT2D eigenvalue weighted by atomic mass is 32.1. The Morgan fingerprint density at radius 1 is 1.00 bits per heavy atom. The van der Waals surface area contributed by atoms with Crippen molar-refractivity contribution in [1.82, 2.24) is 10.2 Å². The van der Waals surface area contributed by atoms with E-state index in [1.807, 2.05) is 6.92 Å². The molecule has 0 aliphatic carbocycles. The zero-order chi connectivity index (χ0) is 17.8. The predicted octanol–water partition coefficient (Wildman–Crippen LogP) is 2.38. The van der Waals surface area contributed by atoms with E-state index in [1.54, 1.807) is 42.5 Å². The number of benzene rings is 2. The summed E-state index contributed by atoms with van der Waals surface area (Å²) in [5.74, 6) is -1.66. The highest BCUT2D eigenvalue weighted by Gasteiger charge is 2.16. The number of aromatic nitrogens is 2. The fraction of sp³-hybridized carbons (Fsp3) is 0.111. The Morgan fingerprint density at radius 2 is 1.60 bits per heavy atom. The van der Waals surface area contributed by atoms with Gasteiger partial charge in [0.05, 0.1) is 5.97 Å². The van der Waals surface area contributed by atoms with Crippen LogP contribution in [-0.2, 0) is 6.42 Å². The summed E-state index contributed by atoms with van der Waals surface area (Å²) in [7, 11) is 0. The van der Waals surface area contributed by atoms with Crippen molar-refractivity contribution in [2.24, 2.45) is 0 Å². The van der Waals surface area contributed by atoms with E-state index in [-0.39, 0.29) is 11.5 Å². The molecule has 1 heterocycles. The molecule has 0 bridgehead atoms. The van der Waals surface area contributed by atoms with E-state index in [1.165, 1.54) is 17.4 Å². The van der Waals surface area contributed by atoms with E-state index in [2.05, 4.69) is 15.5 Å². The number of aryl methyl sites for hydroxylation is 1. The maximum absolute atomic E-state index is 12.7.